The number of allylic oxidation sites excluding steroid dienone is 2. The quantitative estimate of drug-likeness (QED) is 0.558. The van der Waals surface area contributed by atoms with E-state index in [2.05, 4.69) is 6.92 Å². The Balaban J connectivity index is 2.28. The van der Waals surface area contributed by atoms with E-state index in [1.54, 1.807) is 31.4 Å². The summed E-state index contributed by atoms with van der Waals surface area (Å²) >= 11 is 0. The van der Waals surface area contributed by atoms with Crippen molar-refractivity contribution < 1.29 is 13.5 Å². The average molecular weight is 328 g/mol. The normalized spacial score (nSPS) is 11.2. The topological polar surface area (TPSA) is 9.23 Å². The van der Waals surface area contributed by atoms with Gasteiger partial charge in [0.1, 0.15) is 5.75 Å². The first-order valence-electron chi connectivity index (χ1n) is 8.07. The Morgan fingerprint density at radius 1 is 1.00 bits per heavy atom. The zero-order chi connectivity index (χ0) is 17.4. The van der Waals surface area contributed by atoms with Crippen LogP contribution in [0.15, 0.2) is 66.3 Å². The summed E-state index contributed by atoms with van der Waals surface area (Å²) in [6.07, 6.45) is 2.34. The molecule has 0 saturated heterocycles. The minimum atomic E-state index is -1.61. The minimum absolute atomic E-state index is 0.101. The van der Waals surface area contributed by atoms with Crippen LogP contribution in [0.3, 0.4) is 0 Å². The van der Waals surface area contributed by atoms with Crippen molar-refractivity contribution in [1.82, 2.24) is 0 Å². The first-order chi connectivity index (χ1) is 11.6. The molecule has 0 bridgehead atoms. The molecule has 0 spiro atoms. The minimum Gasteiger partial charge on any atom is -0.497 e. The summed E-state index contributed by atoms with van der Waals surface area (Å²) in [7, 11) is 1.62. The molecular weight excluding hydrogens is 306 g/mol. The maximum atomic E-state index is 13.5. The summed E-state index contributed by atoms with van der Waals surface area (Å²) in [5.74, 6) is 0.781. The lowest BCUT2D eigenvalue weighted by molar-refractivity contribution is 0.415. The number of benzene rings is 2. The van der Waals surface area contributed by atoms with Gasteiger partial charge in [-0.2, -0.15) is 8.78 Å². The van der Waals surface area contributed by atoms with Crippen LogP contribution < -0.4 is 4.74 Å². The van der Waals surface area contributed by atoms with E-state index in [1.807, 2.05) is 36.4 Å². The van der Waals surface area contributed by atoms with Gasteiger partial charge in [-0.3, -0.25) is 0 Å². The number of hydrogen-bond acceptors (Lipinski definition) is 1. The van der Waals surface area contributed by atoms with Gasteiger partial charge in [0.05, 0.1) is 7.11 Å². The van der Waals surface area contributed by atoms with Crippen molar-refractivity contribution in [3.05, 3.63) is 77.4 Å². The van der Waals surface area contributed by atoms with Crippen molar-refractivity contribution in [3.8, 4) is 5.75 Å². The molecule has 0 radical (unpaired) electrons. The molecule has 0 N–H and O–H groups in total. The van der Waals surface area contributed by atoms with Crippen LogP contribution in [0.1, 0.15) is 37.3 Å². The van der Waals surface area contributed by atoms with E-state index in [0.29, 0.717) is 5.56 Å². The molecule has 24 heavy (non-hydrogen) atoms. The Kier molecular flexibility index (Phi) is 6.74. The van der Waals surface area contributed by atoms with Crippen molar-refractivity contribution in [1.29, 1.82) is 0 Å². The van der Waals surface area contributed by atoms with Gasteiger partial charge in [0.15, 0.2) is 0 Å². The molecule has 2 aromatic carbocycles. The van der Waals surface area contributed by atoms with Crippen molar-refractivity contribution in [2.45, 2.75) is 26.2 Å². The number of halogens is 2. The van der Waals surface area contributed by atoms with Crippen LogP contribution in [0.2, 0.25) is 0 Å². The molecule has 2 aromatic rings. The monoisotopic (exact) mass is 328 g/mol. The summed E-state index contributed by atoms with van der Waals surface area (Å²) in [6.45, 7) is 2.06. The summed E-state index contributed by atoms with van der Waals surface area (Å²) in [4.78, 5) is 0. The van der Waals surface area contributed by atoms with Crippen LogP contribution >= 0.6 is 0 Å². The van der Waals surface area contributed by atoms with Crippen LogP contribution in [0.25, 0.3) is 11.6 Å². The Bertz CT molecular complexity index is 696. The highest BCUT2D eigenvalue weighted by molar-refractivity contribution is 5.70. The molecule has 126 valence electrons. The Labute approximate surface area is 142 Å². The SMILES string of the molecule is CCC/C(=C\c1ccc(OC)cc1)CC(=C(F)F)c1ccccc1. The van der Waals surface area contributed by atoms with E-state index in [1.165, 1.54) is 0 Å². The molecular formula is C21H22F2O. The van der Waals surface area contributed by atoms with Gasteiger partial charge in [-0.05, 0) is 36.1 Å². The van der Waals surface area contributed by atoms with E-state index in [4.69, 9.17) is 4.74 Å². The molecule has 0 saturated carbocycles. The zero-order valence-corrected chi connectivity index (χ0v) is 14.1. The number of rotatable bonds is 7. The summed E-state index contributed by atoms with van der Waals surface area (Å²) in [6, 6.07) is 16.5. The van der Waals surface area contributed by atoms with Gasteiger partial charge in [0.2, 0.25) is 0 Å². The third-order valence-corrected chi connectivity index (χ3v) is 3.81. The van der Waals surface area contributed by atoms with Gasteiger partial charge in [-0.15, -0.1) is 0 Å². The first kappa shape index (κ1) is 17.9. The third-order valence-electron chi connectivity index (χ3n) is 3.81. The molecule has 0 aliphatic heterocycles. The standard InChI is InChI=1S/C21H22F2O/c1-3-7-17(14-16-10-12-19(24-2)13-11-16)15-20(21(22)23)18-8-5-4-6-9-18/h4-6,8-14H,3,7,15H2,1-2H3/b17-14+. The molecule has 0 aliphatic carbocycles. The fraction of sp³-hybridized carbons (Fsp3) is 0.238. The molecule has 0 heterocycles. The van der Waals surface area contributed by atoms with Crippen molar-refractivity contribution >= 4 is 11.6 Å². The lowest BCUT2D eigenvalue weighted by Crippen LogP contribution is -1.92. The largest absolute Gasteiger partial charge is 0.497 e. The van der Waals surface area contributed by atoms with Gasteiger partial charge >= 0.3 is 0 Å². The third kappa shape index (κ3) is 5.05. The summed E-state index contributed by atoms with van der Waals surface area (Å²) < 4.78 is 32.1. The second-order valence-electron chi connectivity index (χ2n) is 5.61. The maximum Gasteiger partial charge on any atom is 0.274 e. The summed E-state index contributed by atoms with van der Waals surface area (Å²) in [5, 5.41) is 0. The van der Waals surface area contributed by atoms with E-state index >= 15 is 0 Å². The van der Waals surface area contributed by atoms with Crippen LogP contribution in [0, 0.1) is 0 Å². The van der Waals surface area contributed by atoms with Crippen LogP contribution in [0.5, 0.6) is 5.75 Å². The van der Waals surface area contributed by atoms with Crippen LogP contribution in [0.4, 0.5) is 8.78 Å². The molecule has 0 aromatic heterocycles. The highest BCUT2D eigenvalue weighted by atomic mass is 19.3. The summed E-state index contributed by atoms with van der Waals surface area (Å²) in [5.41, 5.74) is 2.67. The smallest absolute Gasteiger partial charge is 0.274 e. The van der Waals surface area contributed by atoms with Crippen molar-refractivity contribution in [3.63, 3.8) is 0 Å². The molecule has 1 nitrogen and oxygen atoms in total. The highest BCUT2D eigenvalue weighted by Gasteiger charge is 2.11. The van der Waals surface area contributed by atoms with Gasteiger partial charge in [0, 0.05) is 5.57 Å². The molecule has 0 fully saturated rings. The van der Waals surface area contributed by atoms with E-state index < -0.39 is 6.08 Å². The molecule has 3 heteroatoms. The Morgan fingerprint density at radius 3 is 2.21 bits per heavy atom. The lowest BCUT2D eigenvalue weighted by Gasteiger charge is -2.11. The highest BCUT2D eigenvalue weighted by Crippen LogP contribution is 2.30. The van der Waals surface area contributed by atoms with Crippen molar-refractivity contribution in [2.24, 2.45) is 0 Å². The number of ether oxygens (including phenoxy) is 1. The molecule has 0 atom stereocenters. The van der Waals surface area contributed by atoms with E-state index in [0.717, 1.165) is 29.7 Å². The molecule has 0 amide bonds. The van der Waals surface area contributed by atoms with Gasteiger partial charge in [-0.1, -0.05) is 67.5 Å². The maximum absolute atomic E-state index is 13.5. The van der Waals surface area contributed by atoms with Gasteiger partial charge in [-0.25, -0.2) is 0 Å². The molecule has 2 rings (SSSR count). The van der Waals surface area contributed by atoms with E-state index in [-0.39, 0.29) is 12.0 Å². The number of hydrogen-bond donors (Lipinski definition) is 0. The van der Waals surface area contributed by atoms with Crippen LogP contribution in [-0.2, 0) is 0 Å². The fourth-order valence-corrected chi connectivity index (χ4v) is 2.61. The predicted octanol–water partition coefficient (Wildman–Crippen LogP) is 6.58. The molecule has 0 aliphatic rings. The molecule has 0 unspecified atom stereocenters. The average Bonchev–Trinajstić information content (AvgIpc) is 2.61. The second-order valence-corrected chi connectivity index (χ2v) is 5.61. The lowest BCUT2D eigenvalue weighted by atomic mass is 9.95. The van der Waals surface area contributed by atoms with Gasteiger partial charge < -0.3 is 4.74 Å². The zero-order valence-electron chi connectivity index (χ0n) is 14.1. The Hall–Kier alpha value is -2.42. The predicted molar refractivity (Wildman–Crippen MR) is 96.1 cm³/mol. The van der Waals surface area contributed by atoms with E-state index in [9.17, 15) is 8.78 Å². The number of methoxy groups -OCH3 is 1. The van der Waals surface area contributed by atoms with Gasteiger partial charge in [0.25, 0.3) is 6.08 Å². The van der Waals surface area contributed by atoms with Crippen LogP contribution in [-0.4, -0.2) is 7.11 Å². The fourth-order valence-electron chi connectivity index (χ4n) is 2.61. The Morgan fingerprint density at radius 2 is 1.67 bits per heavy atom. The van der Waals surface area contributed by atoms with Crippen molar-refractivity contribution in [2.75, 3.05) is 7.11 Å². The second kappa shape index (κ2) is 9.02. The first-order valence-corrected chi connectivity index (χ1v) is 8.07.